The largest absolute Gasteiger partial charge is 0.469 e. The highest BCUT2D eigenvalue weighted by atomic mass is 32.1. The lowest BCUT2D eigenvalue weighted by Gasteiger charge is -2.15. The molecular formula is C18H19NO3S. The summed E-state index contributed by atoms with van der Waals surface area (Å²) < 4.78 is 4.58. The molecule has 1 aliphatic carbocycles. The summed E-state index contributed by atoms with van der Waals surface area (Å²) in [6.07, 6.45) is 2.93. The van der Waals surface area contributed by atoms with E-state index in [-0.39, 0.29) is 11.9 Å². The molecule has 0 unspecified atom stereocenters. The predicted molar refractivity (Wildman–Crippen MR) is 90.7 cm³/mol. The van der Waals surface area contributed by atoms with Gasteiger partial charge in [-0.3, -0.25) is 9.59 Å². The molecule has 1 aromatic heterocycles. The van der Waals surface area contributed by atoms with Crippen LogP contribution in [0.5, 0.6) is 0 Å². The first kappa shape index (κ1) is 15.7. The molecule has 0 saturated carbocycles. The van der Waals surface area contributed by atoms with Crippen LogP contribution >= 0.6 is 11.3 Å². The van der Waals surface area contributed by atoms with Gasteiger partial charge in [-0.1, -0.05) is 24.3 Å². The predicted octanol–water partition coefficient (Wildman–Crippen LogP) is 3.20. The van der Waals surface area contributed by atoms with Crippen molar-refractivity contribution in [3.05, 3.63) is 46.3 Å². The zero-order chi connectivity index (χ0) is 16.2. The van der Waals surface area contributed by atoms with Gasteiger partial charge in [0.15, 0.2) is 0 Å². The second-order valence-electron chi connectivity index (χ2n) is 5.56. The Balaban J connectivity index is 1.66. The molecule has 0 aliphatic heterocycles. The lowest BCUT2D eigenvalue weighted by Crippen LogP contribution is -2.24. The highest BCUT2D eigenvalue weighted by molar-refractivity contribution is 7.17. The Morgan fingerprint density at radius 1 is 1.22 bits per heavy atom. The minimum Gasteiger partial charge on any atom is -0.469 e. The quantitative estimate of drug-likeness (QED) is 0.677. The molecule has 1 N–H and O–H groups in total. The summed E-state index contributed by atoms with van der Waals surface area (Å²) in [6, 6.07) is 10.4. The number of hydrogen-bond donors (Lipinski definition) is 1. The summed E-state index contributed by atoms with van der Waals surface area (Å²) in [5.41, 5.74) is 3.86. The summed E-state index contributed by atoms with van der Waals surface area (Å²) in [4.78, 5) is 25.3. The van der Waals surface area contributed by atoms with Gasteiger partial charge in [-0.2, -0.15) is 0 Å². The number of carbonyl (C=O) groups excluding carboxylic acids is 2. The number of fused-ring (bicyclic) bond motifs is 3. The molecule has 120 valence electrons. The van der Waals surface area contributed by atoms with Gasteiger partial charge in [-0.05, 0) is 42.0 Å². The van der Waals surface area contributed by atoms with Crippen LogP contribution in [-0.2, 0) is 22.4 Å². The Labute approximate surface area is 139 Å². The van der Waals surface area contributed by atoms with Crippen molar-refractivity contribution in [2.45, 2.75) is 25.7 Å². The van der Waals surface area contributed by atoms with Crippen molar-refractivity contribution >= 4 is 23.2 Å². The van der Waals surface area contributed by atoms with Gasteiger partial charge in [-0.25, -0.2) is 0 Å². The monoisotopic (exact) mass is 329 g/mol. The number of ether oxygens (including phenoxy) is 1. The summed E-state index contributed by atoms with van der Waals surface area (Å²) in [6.45, 7) is 0.479. The second kappa shape index (κ2) is 6.96. The van der Waals surface area contributed by atoms with E-state index in [2.05, 4.69) is 28.3 Å². The first-order valence-electron chi connectivity index (χ1n) is 7.75. The van der Waals surface area contributed by atoms with Crippen molar-refractivity contribution in [3.8, 4) is 10.4 Å². The van der Waals surface area contributed by atoms with Crippen LogP contribution in [0.4, 0.5) is 0 Å². The summed E-state index contributed by atoms with van der Waals surface area (Å²) in [7, 11) is 1.37. The number of thiophene rings is 1. The van der Waals surface area contributed by atoms with Crippen molar-refractivity contribution in [2.24, 2.45) is 0 Å². The third-order valence-electron chi connectivity index (χ3n) is 4.03. The maximum atomic E-state index is 12.3. The highest BCUT2D eigenvalue weighted by Gasteiger charge is 2.21. The van der Waals surface area contributed by atoms with Gasteiger partial charge in [0.05, 0.1) is 12.0 Å². The number of carbonyl (C=O) groups is 2. The fraction of sp³-hybridized carbons (Fsp3) is 0.333. The zero-order valence-electron chi connectivity index (χ0n) is 13.1. The minimum absolute atomic E-state index is 0.0632. The molecule has 0 atom stereocenters. The van der Waals surface area contributed by atoms with Crippen molar-refractivity contribution in [3.63, 3.8) is 0 Å². The molecule has 3 rings (SSSR count). The van der Waals surface area contributed by atoms with Crippen LogP contribution in [0.2, 0.25) is 0 Å². The topological polar surface area (TPSA) is 55.4 Å². The van der Waals surface area contributed by atoms with E-state index in [4.69, 9.17) is 0 Å². The Kier molecular flexibility index (Phi) is 4.76. The van der Waals surface area contributed by atoms with Gasteiger partial charge >= 0.3 is 5.97 Å². The molecule has 1 amide bonds. The Hall–Kier alpha value is -2.14. The summed E-state index contributed by atoms with van der Waals surface area (Å²) >= 11 is 1.55. The van der Waals surface area contributed by atoms with E-state index in [1.54, 1.807) is 11.3 Å². The average Bonchev–Trinajstić information content (AvgIpc) is 3.03. The molecule has 4 nitrogen and oxygen atoms in total. The second-order valence-corrected chi connectivity index (χ2v) is 6.61. The van der Waals surface area contributed by atoms with Crippen LogP contribution < -0.4 is 5.32 Å². The number of benzene rings is 1. The standard InChI is InChI=1S/C18H19NO3S/c1-22-16(20)7-4-10-19-18(21)15-11-13-9-8-12-5-2-3-6-14(12)17(13)23-15/h2-3,5-6,11H,4,7-10H2,1H3,(H,19,21). The molecule has 0 bridgehead atoms. The van der Waals surface area contributed by atoms with E-state index in [0.717, 1.165) is 17.7 Å². The Morgan fingerprint density at radius 3 is 2.83 bits per heavy atom. The molecule has 1 aromatic carbocycles. The minimum atomic E-state index is -0.248. The maximum absolute atomic E-state index is 12.3. The van der Waals surface area contributed by atoms with E-state index >= 15 is 0 Å². The third kappa shape index (κ3) is 3.45. The van der Waals surface area contributed by atoms with Gasteiger partial charge < -0.3 is 10.1 Å². The van der Waals surface area contributed by atoms with Crippen LogP contribution in [0.3, 0.4) is 0 Å². The zero-order valence-corrected chi connectivity index (χ0v) is 13.9. The molecule has 0 fully saturated rings. The van der Waals surface area contributed by atoms with E-state index in [1.807, 2.05) is 12.1 Å². The average molecular weight is 329 g/mol. The van der Waals surface area contributed by atoms with Crippen molar-refractivity contribution in [1.82, 2.24) is 5.32 Å². The van der Waals surface area contributed by atoms with Crippen LogP contribution in [0.25, 0.3) is 10.4 Å². The Morgan fingerprint density at radius 2 is 2.00 bits per heavy atom. The highest BCUT2D eigenvalue weighted by Crippen LogP contribution is 2.39. The number of esters is 1. The van der Waals surface area contributed by atoms with Crippen molar-refractivity contribution in [2.75, 3.05) is 13.7 Å². The summed E-state index contributed by atoms with van der Waals surface area (Å²) in [5.74, 6) is -0.311. The van der Waals surface area contributed by atoms with E-state index < -0.39 is 0 Å². The smallest absolute Gasteiger partial charge is 0.305 e. The number of rotatable bonds is 5. The van der Waals surface area contributed by atoms with Crippen molar-refractivity contribution < 1.29 is 14.3 Å². The lowest BCUT2D eigenvalue weighted by molar-refractivity contribution is -0.140. The number of methoxy groups -OCH3 is 1. The summed E-state index contributed by atoms with van der Waals surface area (Å²) in [5, 5.41) is 2.88. The van der Waals surface area contributed by atoms with Crippen LogP contribution in [0.15, 0.2) is 30.3 Å². The molecule has 0 spiro atoms. The molecule has 1 aliphatic rings. The van der Waals surface area contributed by atoms with E-state index in [0.29, 0.717) is 19.4 Å². The molecule has 0 saturated heterocycles. The molecule has 2 aromatic rings. The SMILES string of the molecule is COC(=O)CCCNC(=O)c1cc2c(s1)-c1ccccc1CC2. The number of nitrogens with one attached hydrogen (secondary N) is 1. The van der Waals surface area contributed by atoms with E-state index in [9.17, 15) is 9.59 Å². The van der Waals surface area contributed by atoms with Gasteiger partial charge in [-0.15, -0.1) is 11.3 Å². The number of aryl methyl sites for hydroxylation is 2. The lowest BCUT2D eigenvalue weighted by atomic mass is 9.91. The molecule has 23 heavy (non-hydrogen) atoms. The fourth-order valence-electron chi connectivity index (χ4n) is 2.81. The normalized spacial score (nSPS) is 12.2. The van der Waals surface area contributed by atoms with Gasteiger partial charge in [0, 0.05) is 17.8 Å². The van der Waals surface area contributed by atoms with Gasteiger partial charge in [0.1, 0.15) is 0 Å². The number of amides is 1. The third-order valence-corrected chi connectivity index (χ3v) is 5.24. The van der Waals surface area contributed by atoms with Crippen LogP contribution in [0, 0.1) is 0 Å². The van der Waals surface area contributed by atoms with E-state index in [1.165, 1.54) is 28.7 Å². The first-order chi connectivity index (χ1) is 11.2. The molecular weight excluding hydrogens is 310 g/mol. The van der Waals surface area contributed by atoms with Crippen molar-refractivity contribution in [1.29, 1.82) is 0 Å². The van der Waals surface area contributed by atoms with Gasteiger partial charge in [0.2, 0.25) is 0 Å². The molecule has 0 radical (unpaired) electrons. The number of hydrogen-bond acceptors (Lipinski definition) is 4. The fourth-order valence-corrected chi connectivity index (χ4v) is 3.99. The van der Waals surface area contributed by atoms with Gasteiger partial charge in [0.25, 0.3) is 5.91 Å². The van der Waals surface area contributed by atoms with Crippen LogP contribution in [0.1, 0.15) is 33.6 Å². The Bertz CT molecular complexity index is 736. The maximum Gasteiger partial charge on any atom is 0.305 e. The molecule has 5 heteroatoms. The van der Waals surface area contributed by atoms with Crippen LogP contribution in [-0.4, -0.2) is 25.5 Å². The molecule has 1 heterocycles. The first-order valence-corrected chi connectivity index (χ1v) is 8.56.